The fraction of sp³-hybridized carbons (Fsp3) is 0.345. The highest BCUT2D eigenvalue weighted by Gasteiger charge is 2.15. The number of fused-ring (bicyclic) bond motifs is 3. The number of thioether (sulfide) groups is 1. The predicted molar refractivity (Wildman–Crippen MR) is 144 cm³/mol. The molecule has 8 heteroatoms. The molecule has 0 saturated carbocycles. The number of carbonyl (C=O) groups excluding carboxylic acids is 1. The van der Waals surface area contributed by atoms with Gasteiger partial charge in [0.1, 0.15) is 32.2 Å². The molecule has 196 valence electrons. The second kappa shape index (κ2) is 12.2. The molecule has 3 heterocycles. The molecule has 37 heavy (non-hydrogen) atoms. The third-order valence-electron chi connectivity index (χ3n) is 5.79. The molecule has 0 aromatic heterocycles. The minimum absolute atomic E-state index is 0.122. The first kappa shape index (κ1) is 26.7. The van der Waals surface area contributed by atoms with Gasteiger partial charge in [-0.1, -0.05) is 12.1 Å². The first-order valence-electron chi connectivity index (χ1n) is 12.3. The second-order valence-electron chi connectivity index (χ2n) is 9.00. The van der Waals surface area contributed by atoms with E-state index in [0.717, 1.165) is 28.5 Å². The maximum Gasteiger partial charge on any atom is 0.225 e. The van der Waals surface area contributed by atoms with Crippen molar-refractivity contribution in [2.45, 2.75) is 39.0 Å². The fourth-order valence-electron chi connectivity index (χ4n) is 4.00. The van der Waals surface area contributed by atoms with Gasteiger partial charge in [-0.15, -0.1) is 11.8 Å². The highest BCUT2D eigenvalue weighted by atomic mass is 32.2. The van der Waals surface area contributed by atoms with Crippen LogP contribution in [0, 0.1) is 33.5 Å². The minimum atomic E-state index is -0.251. The van der Waals surface area contributed by atoms with Crippen LogP contribution in [0.25, 0.3) is 0 Å². The van der Waals surface area contributed by atoms with Crippen LogP contribution in [0.2, 0.25) is 0 Å². The van der Waals surface area contributed by atoms with Crippen LogP contribution < -0.4 is 24.3 Å². The Kier molecular flexibility index (Phi) is 8.82. The van der Waals surface area contributed by atoms with Crippen LogP contribution >= 0.6 is 11.8 Å². The molecule has 3 aliphatic heterocycles. The monoisotopic (exact) mass is 525 g/mol. The van der Waals surface area contributed by atoms with E-state index in [4.69, 9.17) is 18.9 Å². The Hall–Kier alpha value is -3.39. The van der Waals surface area contributed by atoms with Crippen molar-refractivity contribution in [3.8, 4) is 23.0 Å². The topological polar surface area (TPSA) is 66.0 Å². The Labute approximate surface area is 221 Å². The van der Waals surface area contributed by atoms with E-state index in [1.165, 1.54) is 22.1 Å². The lowest BCUT2D eigenvalue weighted by atomic mass is 10.1. The van der Waals surface area contributed by atoms with Gasteiger partial charge in [-0.05, 0) is 74.2 Å². The lowest BCUT2D eigenvalue weighted by Gasteiger charge is -2.20. The van der Waals surface area contributed by atoms with Crippen molar-refractivity contribution in [1.82, 2.24) is 0 Å². The summed E-state index contributed by atoms with van der Waals surface area (Å²) in [5.41, 5.74) is 5.11. The van der Waals surface area contributed by atoms with Crippen molar-refractivity contribution in [2.75, 3.05) is 37.5 Å². The molecular weight excluding hydrogens is 493 g/mol. The molecule has 1 N–H and O–H groups in total. The highest BCUT2D eigenvalue weighted by Crippen LogP contribution is 2.35. The van der Waals surface area contributed by atoms with Crippen LogP contribution in [-0.4, -0.2) is 38.1 Å². The van der Waals surface area contributed by atoms with Crippen molar-refractivity contribution in [3.63, 3.8) is 0 Å². The number of amides is 1. The van der Waals surface area contributed by atoms with Crippen LogP contribution in [0.3, 0.4) is 0 Å². The van der Waals surface area contributed by atoms with Crippen LogP contribution in [-0.2, 0) is 4.79 Å². The van der Waals surface area contributed by atoms with E-state index in [1.54, 1.807) is 24.8 Å². The smallest absolute Gasteiger partial charge is 0.225 e. The standard InChI is InChI=1S/C10H11NOS.C10H12O2.C9H9FO2/c1-7-2-3-9-8(6-7)11-10(12)4-5-13-9;1-7-5-8(2)10-9(6-7)11-3-4-12-10;1-6-4-8-9(5-7(6)10)12-3-2-11-8/h2-3,6H,4-5H2,1H3,(H,11,12);5-6H,3-4H2,1-2H3;4-5H,2-3H2,1H3. The lowest BCUT2D eigenvalue weighted by molar-refractivity contribution is -0.115. The van der Waals surface area contributed by atoms with E-state index in [0.29, 0.717) is 49.9 Å². The van der Waals surface area contributed by atoms with E-state index >= 15 is 0 Å². The average molecular weight is 526 g/mol. The molecule has 6 nitrogen and oxygen atoms in total. The zero-order chi connectivity index (χ0) is 26.4. The molecule has 3 aliphatic rings. The molecule has 0 aliphatic carbocycles. The molecule has 0 bridgehead atoms. The number of anilines is 1. The van der Waals surface area contributed by atoms with Crippen LogP contribution in [0.1, 0.15) is 28.7 Å². The number of ether oxygens (including phenoxy) is 4. The van der Waals surface area contributed by atoms with Crippen LogP contribution in [0.15, 0.2) is 47.4 Å². The summed E-state index contributed by atoms with van der Waals surface area (Å²) in [5.74, 6) is 3.69. The number of hydrogen-bond donors (Lipinski definition) is 1. The normalized spacial score (nSPS) is 15.0. The van der Waals surface area contributed by atoms with Crippen LogP contribution in [0.4, 0.5) is 10.1 Å². The van der Waals surface area contributed by atoms with Gasteiger partial charge in [-0.3, -0.25) is 4.79 Å². The Morgan fingerprint density at radius 3 is 2.19 bits per heavy atom. The summed E-state index contributed by atoms with van der Waals surface area (Å²) in [5, 5.41) is 2.90. The number of carbonyl (C=O) groups is 1. The fourth-order valence-corrected chi connectivity index (χ4v) is 4.94. The molecule has 1 amide bonds. The number of halogens is 1. The maximum atomic E-state index is 13.0. The minimum Gasteiger partial charge on any atom is -0.486 e. The van der Waals surface area contributed by atoms with Gasteiger partial charge in [-0.25, -0.2) is 4.39 Å². The Bertz CT molecular complexity index is 1250. The third kappa shape index (κ3) is 7.10. The van der Waals surface area contributed by atoms with Gasteiger partial charge in [0, 0.05) is 23.1 Å². The van der Waals surface area contributed by atoms with Gasteiger partial charge in [0.2, 0.25) is 5.91 Å². The quantitative estimate of drug-likeness (QED) is 0.366. The van der Waals surface area contributed by atoms with E-state index in [-0.39, 0.29) is 11.7 Å². The maximum absolute atomic E-state index is 13.0. The summed E-state index contributed by atoms with van der Waals surface area (Å²) >= 11 is 1.74. The number of rotatable bonds is 0. The number of benzene rings is 3. The van der Waals surface area contributed by atoms with Gasteiger partial charge < -0.3 is 24.3 Å². The molecule has 0 spiro atoms. The number of hydrogen-bond acceptors (Lipinski definition) is 6. The molecule has 3 aromatic carbocycles. The van der Waals surface area contributed by atoms with E-state index in [1.807, 2.05) is 26.0 Å². The van der Waals surface area contributed by atoms with Crippen molar-refractivity contribution in [1.29, 1.82) is 0 Å². The SMILES string of the molecule is Cc1cc(C)c2c(c1)OCCO2.Cc1cc2c(cc1F)OCCO2.Cc1ccc2c(c1)NC(=O)CCS2. The molecule has 0 unspecified atom stereocenters. The van der Waals surface area contributed by atoms with Crippen molar-refractivity contribution in [2.24, 2.45) is 0 Å². The average Bonchev–Trinajstić information content (AvgIpc) is 3.05. The van der Waals surface area contributed by atoms with Gasteiger partial charge >= 0.3 is 0 Å². The zero-order valence-corrected chi connectivity index (χ0v) is 22.4. The number of aryl methyl sites for hydroxylation is 4. The predicted octanol–water partition coefficient (Wildman–Crippen LogP) is 6.41. The molecule has 6 rings (SSSR count). The molecule has 0 radical (unpaired) electrons. The third-order valence-corrected chi connectivity index (χ3v) is 6.87. The van der Waals surface area contributed by atoms with Crippen molar-refractivity contribution < 1.29 is 28.1 Å². The molecule has 3 aromatic rings. The van der Waals surface area contributed by atoms with E-state index < -0.39 is 0 Å². The van der Waals surface area contributed by atoms with E-state index in [2.05, 4.69) is 30.4 Å². The summed E-state index contributed by atoms with van der Waals surface area (Å²) < 4.78 is 34.4. The molecule has 0 atom stereocenters. The van der Waals surface area contributed by atoms with Gasteiger partial charge in [0.25, 0.3) is 0 Å². The molecule has 0 fully saturated rings. The summed E-state index contributed by atoms with van der Waals surface area (Å²) in [7, 11) is 0. The zero-order valence-electron chi connectivity index (χ0n) is 21.6. The van der Waals surface area contributed by atoms with Crippen molar-refractivity contribution in [3.05, 3.63) is 70.5 Å². The first-order chi connectivity index (χ1) is 17.8. The number of nitrogens with one attached hydrogen (secondary N) is 1. The van der Waals surface area contributed by atoms with Gasteiger partial charge in [0.05, 0.1) is 5.69 Å². The second-order valence-corrected chi connectivity index (χ2v) is 10.1. The summed E-state index contributed by atoms with van der Waals surface area (Å²) in [6.07, 6.45) is 0.610. The lowest BCUT2D eigenvalue weighted by Crippen LogP contribution is -2.16. The van der Waals surface area contributed by atoms with E-state index in [9.17, 15) is 9.18 Å². The van der Waals surface area contributed by atoms with Crippen molar-refractivity contribution >= 4 is 23.4 Å². The largest absolute Gasteiger partial charge is 0.486 e. The Morgan fingerprint density at radius 2 is 1.43 bits per heavy atom. The van der Waals surface area contributed by atoms with Gasteiger partial charge in [-0.2, -0.15) is 0 Å². The summed E-state index contributed by atoms with van der Waals surface area (Å²) in [6.45, 7) is 10.2. The van der Waals surface area contributed by atoms with Gasteiger partial charge in [0.15, 0.2) is 23.0 Å². The summed E-state index contributed by atoms with van der Waals surface area (Å²) in [4.78, 5) is 12.4. The Morgan fingerprint density at radius 1 is 0.757 bits per heavy atom. The molecule has 0 saturated heterocycles. The highest BCUT2D eigenvalue weighted by molar-refractivity contribution is 7.99. The van der Waals surface area contributed by atoms with Crippen LogP contribution in [0.5, 0.6) is 23.0 Å². The Balaban J connectivity index is 0.000000130. The first-order valence-corrected chi connectivity index (χ1v) is 13.2. The summed E-state index contributed by atoms with van der Waals surface area (Å²) in [6, 6.07) is 13.3. The molecular formula is C29H32FNO5S.